The van der Waals surface area contributed by atoms with Gasteiger partial charge in [0.25, 0.3) is 0 Å². The van der Waals surface area contributed by atoms with E-state index in [2.05, 4.69) is 67.7 Å². The third-order valence-corrected chi connectivity index (χ3v) is 4.10. The molecule has 0 N–H and O–H groups in total. The lowest BCUT2D eigenvalue weighted by atomic mass is 10.0. The largest absolute Gasteiger partial charge is 0.299 e. The fourth-order valence-corrected chi connectivity index (χ4v) is 2.40. The molecule has 0 aliphatic heterocycles. The molecule has 0 saturated heterocycles. The molecule has 146 valence electrons. The molecule has 26 heavy (non-hydrogen) atoms. The first-order valence-corrected chi connectivity index (χ1v) is 10.5. The number of allylic oxidation sites excluding steroid dienone is 10. The lowest BCUT2D eigenvalue weighted by Crippen LogP contribution is -2.05. The number of hydrogen-bond acceptors (Lipinski definition) is 1. The summed E-state index contributed by atoms with van der Waals surface area (Å²) in [4.78, 5) is 11.5. The maximum atomic E-state index is 11.5. The number of hydrogen-bond donors (Lipinski definition) is 0. The van der Waals surface area contributed by atoms with Gasteiger partial charge >= 0.3 is 0 Å². The lowest BCUT2D eigenvalue weighted by Gasteiger charge is -2.02. The molecule has 0 saturated carbocycles. The van der Waals surface area contributed by atoms with E-state index in [0.29, 0.717) is 5.78 Å². The Morgan fingerprint density at radius 1 is 0.654 bits per heavy atom. The standard InChI is InChI=1S/C25H40O/c1-4-5-6-7-8-9-10-11-12-13-14-15-16-17-18-19-20-21-22-23-25(26)24(2)3/h5-6,8-9,11-12,14-15,17-18,24H,4,7,10,13,16,19-23H2,1-3H3/b6-5-,9-8-,12-11-,15-14-,18-17-. The summed E-state index contributed by atoms with van der Waals surface area (Å²) in [5, 5.41) is 0. The molecule has 0 spiro atoms. The van der Waals surface area contributed by atoms with Crippen LogP contribution in [-0.4, -0.2) is 5.78 Å². The molecule has 1 nitrogen and oxygen atoms in total. The van der Waals surface area contributed by atoms with Gasteiger partial charge in [-0.15, -0.1) is 0 Å². The van der Waals surface area contributed by atoms with Crippen LogP contribution >= 0.6 is 0 Å². The third kappa shape index (κ3) is 18.7. The van der Waals surface area contributed by atoms with E-state index >= 15 is 0 Å². The average molecular weight is 357 g/mol. The van der Waals surface area contributed by atoms with E-state index in [1.165, 1.54) is 6.42 Å². The van der Waals surface area contributed by atoms with Gasteiger partial charge in [0.1, 0.15) is 5.78 Å². The fourth-order valence-electron chi connectivity index (χ4n) is 2.40. The van der Waals surface area contributed by atoms with Gasteiger partial charge in [0.15, 0.2) is 0 Å². The first kappa shape index (κ1) is 24.4. The molecule has 0 heterocycles. The van der Waals surface area contributed by atoms with Crippen LogP contribution in [0.3, 0.4) is 0 Å². The van der Waals surface area contributed by atoms with Gasteiger partial charge in [0.05, 0.1) is 0 Å². The lowest BCUT2D eigenvalue weighted by molar-refractivity contribution is -0.122. The summed E-state index contributed by atoms with van der Waals surface area (Å²) in [6.45, 7) is 6.13. The minimum atomic E-state index is 0.195. The molecule has 0 atom stereocenters. The van der Waals surface area contributed by atoms with Crippen LogP contribution in [0.15, 0.2) is 60.8 Å². The summed E-state index contributed by atoms with van der Waals surface area (Å²) in [6, 6.07) is 0. The van der Waals surface area contributed by atoms with Crippen LogP contribution in [0.5, 0.6) is 0 Å². The molecule has 0 aromatic heterocycles. The van der Waals surface area contributed by atoms with Crippen LogP contribution in [0, 0.1) is 5.92 Å². The molecular formula is C25H40O. The van der Waals surface area contributed by atoms with E-state index in [4.69, 9.17) is 0 Å². The zero-order valence-corrected chi connectivity index (χ0v) is 17.3. The number of Topliss-reactive ketones (excluding diaryl/α,β-unsaturated/α-hetero) is 1. The molecule has 0 radical (unpaired) electrons. The minimum absolute atomic E-state index is 0.195. The molecule has 0 aliphatic rings. The van der Waals surface area contributed by atoms with Crippen LogP contribution in [-0.2, 0) is 4.79 Å². The van der Waals surface area contributed by atoms with Gasteiger partial charge in [-0.3, -0.25) is 4.79 Å². The van der Waals surface area contributed by atoms with Gasteiger partial charge in [0, 0.05) is 12.3 Å². The van der Waals surface area contributed by atoms with Crippen molar-refractivity contribution in [3.8, 4) is 0 Å². The minimum Gasteiger partial charge on any atom is -0.299 e. The normalized spacial score (nSPS) is 12.9. The van der Waals surface area contributed by atoms with E-state index < -0.39 is 0 Å². The van der Waals surface area contributed by atoms with Crippen molar-refractivity contribution in [1.82, 2.24) is 0 Å². The van der Waals surface area contributed by atoms with E-state index in [1.54, 1.807) is 0 Å². The van der Waals surface area contributed by atoms with Gasteiger partial charge in [-0.05, 0) is 51.4 Å². The van der Waals surface area contributed by atoms with E-state index in [-0.39, 0.29) is 5.92 Å². The quantitative estimate of drug-likeness (QED) is 0.203. The summed E-state index contributed by atoms with van der Waals surface area (Å²) < 4.78 is 0. The van der Waals surface area contributed by atoms with Crippen LogP contribution < -0.4 is 0 Å². The molecule has 0 unspecified atom stereocenters. The highest BCUT2D eigenvalue weighted by atomic mass is 16.1. The highest BCUT2D eigenvalue weighted by molar-refractivity contribution is 5.80. The van der Waals surface area contributed by atoms with Crippen LogP contribution in [0.1, 0.15) is 85.0 Å². The Labute approximate surface area is 162 Å². The molecule has 0 aromatic rings. The Balaban J connectivity index is 3.46. The monoisotopic (exact) mass is 356 g/mol. The summed E-state index contributed by atoms with van der Waals surface area (Å²) in [5.74, 6) is 0.598. The average Bonchev–Trinajstić information content (AvgIpc) is 2.63. The Morgan fingerprint density at radius 3 is 1.58 bits per heavy atom. The van der Waals surface area contributed by atoms with Crippen molar-refractivity contribution in [2.75, 3.05) is 0 Å². The van der Waals surface area contributed by atoms with Crippen molar-refractivity contribution in [2.24, 2.45) is 5.92 Å². The summed E-state index contributed by atoms with van der Waals surface area (Å²) in [5.41, 5.74) is 0. The first-order valence-electron chi connectivity index (χ1n) is 10.5. The highest BCUT2D eigenvalue weighted by Crippen LogP contribution is 2.08. The second kappa shape index (κ2) is 19.7. The maximum Gasteiger partial charge on any atom is 0.135 e. The van der Waals surface area contributed by atoms with Crippen molar-refractivity contribution in [3.05, 3.63) is 60.8 Å². The predicted molar refractivity (Wildman–Crippen MR) is 117 cm³/mol. The van der Waals surface area contributed by atoms with Crippen molar-refractivity contribution in [3.63, 3.8) is 0 Å². The van der Waals surface area contributed by atoms with Crippen molar-refractivity contribution < 1.29 is 4.79 Å². The van der Waals surface area contributed by atoms with Gasteiger partial charge in [-0.25, -0.2) is 0 Å². The Hall–Kier alpha value is -1.63. The molecule has 0 aliphatic carbocycles. The van der Waals surface area contributed by atoms with Gasteiger partial charge in [0.2, 0.25) is 0 Å². The predicted octanol–water partition coefficient (Wildman–Crippen LogP) is 7.91. The number of unbranched alkanes of at least 4 members (excludes halogenated alkanes) is 3. The van der Waals surface area contributed by atoms with Gasteiger partial charge < -0.3 is 0 Å². The summed E-state index contributed by atoms with van der Waals surface area (Å²) >= 11 is 0. The first-order chi connectivity index (χ1) is 12.7. The second-order valence-electron chi connectivity index (χ2n) is 6.93. The smallest absolute Gasteiger partial charge is 0.135 e. The van der Waals surface area contributed by atoms with Crippen molar-refractivity contribution >= 4 is 5.78 Å². The van der Waals surface area contributed by atoms with Crippen molar-refractivity contribution in [2.45, 2.75) is 85.0 Å². The highest BCUT2D eigenvalue weighted by Gasteiger charge is 2.05. The topological polar surface area (TPSA) is 17.1 Å². The fraction of sp³-hybridized carbons (Fsp3) is 0.560. The molecule has 0 fully saturated rings. The van der Waals surface area contributed by atoms with Crippen LogP contribution in [0.25, 0.3) is 0 Å². The Bertz CT molecular complexity index is 461. The Morgan fingerprint density at radius 2 is 1.12 bits per heavy atom. The maximum absolute atomic E-state index is 11.5. The van der Waals surface area contributed by atoms with Crippen LogP contribution in [0.4, 0.5) is 0 Å². The SMILES string of the molecule is CC/C=C\C/C=C\C/C=C\C/C=C\C/C=C\CCCCCC(=O)C(C)C. The van der Waals surface area contributed by atoms with E-state index in [9.17, 15) is 4.79 Å². The number of rotatable bonds is 16. The molecule has 0 amide bonds. The van der Waals surface area contributed by atoms with Gasteiger partial charge in [-0.2, -0.15) is 0 Å². The third-order valence-electron chi connectivity index (χ3n) is 4.10. The molecule has 0 rings (SSSR count). The summed E-state index contributed by atoms with van der Waals surface area (Å²) in [7, 11) is 0. The summed E-state index contributed by atoms with van der Waals surface area (Å²) in [6.07, 6.45) is 32.8. The number of carbonyl (C=O) groups excluding carboxylic acids is 1. The Kier molecular flexibility index (Phi) is 18.5. The second-order valence-corrected chi connectivity index (χ2v) is 6.93. The van der Waals surface area contributed by atoms with E-state index in [1.807, 2.05) is 13.8 Å². The molecule has 0 aromatic carbocycles. The van der Waals surface area contributed by atoms with Crippen LogP contribution in [0.2, 0.25) is 0 Å². The number of ketones is 1. The zero-order chi connectivity index (χ0) is 19.3. The molecule has 0 bridgehead atoms. The van der Waals surface area contributed by atoms with Gasteiger partial charge in [-0.1, -0.05) is 88.0 Å². The number of carbonyl (C=O) groups is 1. The van der Waals surface area contributed by atoms with E-state index in [0.717, 1.165) is 57.8 Å². The molecular weight excluding hydrogens is 316 g/mol. The molecule has 1 heteroatoms. The van der Waals surface area contributed by atoms with Crippen molar-refractivity contribution in [1.29, 1.82) is 0 Å². The zero-order valence-electron chi connectivity index (χ0n) is 17.3.